The molecule has 0 bridgehead atoms. The van der Waals surface area contributed by atoms with Crippen molar-refractivity contribution in [3.8, 4) is 5.75 Å². The van der Waals surface area contributed by atoms with Crippen molar-refractivity contribution in [1.82, 2.24) is 0 Å². The van der Waals surface area contributed by atoms with Gasteiger partial charge in [-0.15, -0.1) is 0 Å². The summed E-state index contributed by atoms with van der Waals surface area (Å²) in [4.78, 5) is 25.7. The summed E-state index contributed by atoms with van der Waals surface area (Å²) in [6.07, 6.45) is 0. The number of carbonyl (C=O) groups is 2. The van der Waals surface area contributed by atoms with Crippen LogP contribution in [0.3, 0.4) is 0 Å². The summed E-state index contributed by atoms with van der Waals surface area (Å²) in [5, 5.41) is 0. The Kier molecular flexibility index (Phi) is 5.36. The van der Waals surface area contributed by atoms with Gasteiger partial charge >= 0.3 is 5.97 Å². The predicted molar refractivity (Wildman–Crippen MR) is 87.9 cm³/mol. The summed E-state index contributed by atoms with van der Waals surface area (Å²) in [5.41, 5.74) is 2.09. The fraction of sp³-hybridized carbons (Fsp3) is 0.222. The number of aryl methyl sites for hydroxylation is 1. The fourth-order valence-corrected chi connectivity index (χ4v) is 2.10. The van der Waals surface area contributed by atoms with Gasteiger partial charge in [0.25, 0.3) is 5.91 Å². The van der Waals surface area contributed by atoms with E-state index in [0.29, 0.717) is 11.3 Å². The van der Waals surface area contributed by atoms with E-state index in [-0.39, 0.29) is 12.5 Å². The Morgan fingerprint density at radius 1 is 1.09 bits per heavy atom. The lowest BCUT2D eigenvalue weighted by Gasteiger charge is -2.18. The van der Waals surface area contributed by atoms with Gasteiger partial charge in [0.1, 0.15) is 11.3 Å². The van der Waals surface area contributed by atoms with Gasteiger partial charge in [0.15, 0.2) is 6.61 Å². The van der Waals surface area contributed by atoms with Crippen LogP contribution in [0.15, 0.2) is 48.5 Å². The number of likely N-dealkylation sites (N-methyl/N-ethyl adjacent to an activating group) is 1. The molecule has 5 nitrogen and oxygen atoms in total. The van der Waals surface area contributed by atoms with E-state index < -0.39 is 5.97 Å². The van der Waals surface area contributed by atoms with E-state index in [1.54, 1.807) is 31.3 Å². The minimum Gasteiger partial charge on any atom is -0.496 e. The number of methoxy groups -OCH3 is 1. The van der Waals surface area contributed by atoms with Gasteiger partial charge in [-0.3, -0.25) is 4.79 Å². The molecule has 0 aliphatic carbocycles. The van der Waals surface area contributed by atoms with Gasteiger partial charge in [0.2, 0.25) is 0 Å². The van der Waals surface area contributed by atoms with Crippen LogP contribution >= 0.6 is 0 Å². The smallest absolute Gasteiger partial charge is 0.342 e. The Morgan fingerprint density at radius 3 is 2.52 bits per heavy atom. The number of benzene rings is 2. The lowest BCUT2D eigenvalue weighted by Crippen LogP contribution is -2.31. The van der Waals surface area contributed by atoms with Crippen LogP contribution in [0, 0.1) is 6.92 Å². The minimum atomic E-state index is -0.589. The summed E-state index contributed by atoms with van der Waals surface area (Å²) >= 11 is 0. The van der Waals surface area contributed by atoms with Crippen molar-refractivity contribution >= 4 is 17.6 Å². The van der Waals surface area contributed by atoms with Crippen LogP contribution in [0.4, 0.5) is 5.69 Å². The van der Waals surface area contributed by atoms with Gasteiger partial charge in [-0.2, -0.15) is 0 Å². The molecule has 0 heterocycles. The molecule has 23 heavy (non-hydrogen) atoms. The number of anilines is 1. The second-order valence-electron chi connectivity index (χ2n) is 5.07. The number of nitrogens with zero attached hydrogens (tertiary/aromatic N) is 1. The third-order valence-corrected chi connectivity index (χ3v) is 3.42. The molecule has 0 fully saturated rings. The van der Waals surface area contributed by atoms with Crippen molar-refractivity contribution in [2.75, 3.05) is 25.7 Å². The second-order valence-corrected chi connectivity index (χ2v) is 5.07. The zero-order chi connectivity index (χ0) is 16.8. The van der Waals surface area contributed by atoms with Crippen molar-refractivity contribution in [2.24, 2.45) is 0 Å². The topological polar surface area (TPSA) is 55.8 Å². The number of carbonyl (C=O) groups excluding carboxylic acids is 2. The molecule has 0 radical (unpaired) electrons. The van der Waals surface area contributed by atoms with Gasteiger partial charge in [-0.25, -0.2) is 4.79 Å². The first-order valence-electron chi connectivity index (χ1n) is 7.16. The van der Waals surface area contributed by atoms with E-state index >= 15 is 0 Å². The van der Waals surface area contributed by atoms with Crippen molar-refractivity contribution in [1.29, 1.82) is 0 Å². The van der Waals surface area contributed by atoms with Crippen LogP contribution in [0.2, 0.25) is 0 Å². The normalized spacial score (nSPS) is 10.0. The molecule has 2 aromatic rings. The van der Waals surface area contributed by atoms with Crippen LogP contribution in [-0.4, -0.2) is 32.6 Å². The molecule has 1 amide bonds. The van der Waals surface area contributed by atoms with E-state index in [1.807, 2.05) is 31.2 Å². The van der Waals surface area contributed by atoms with Crippen LogP contribution < -0.4 is 9.64 Å². The lowest BCUT2D eigenvalue weighted by atomic mass is 10.2. The first-order valence-corrected chi connectivity index (χ1v) is 7.16. The standard InChI is InChI=1S/C18H19NO4/c1-13-7-6-8-14(11-13)19(2)17(20)12-23-18(21)15-9-4-5-10-16(15)22-3/h4-11H,12H2,1-3H3. The van der Waals surface area contributed by atoms with Gasteiger partial charge in [0, 0.05) is 12.7 Å². The van der Waals surface area contributed by atoms with Gasteiger partial charge in [-0.05, 0) is 36.8 Å². The average Bonchev–Trinajstić information content (AvgIpc) is 2.58. The van der Waals surface area contributed by atoms with Crippen LogP contribution in [0.1, 0.15) is 15.9 Å². The molecular formula is C18H19NO4. The van der Waals surface area contributed by atoms with Crippen molar-refractivity contribution in [2.45, 2.75) is 6.92 Å². The zero-order valence-corrected chi connectivity index (χ0v) is 13.4. The van der Waals surface area contributed by atoms with E-state index in [4.69, 9.17) is 9.47 Å². The molecule has 0 aliphatic heterocycles. The molecule has 0 aliphatic rings. The third-order valence-electron chi connectivity index (χ3n) is 3.42. The first-order chi connectivity index (χ1) is 11.0. The molecule has 2 aromatic carbocycles. The molecule has 5 heteroatoms. The van der Waals surface area contributed by atoms with E-state index in [1.165, 1.54) is 12.0 Å². The highest BCUT2D eigenvalue weighted by molar-refractivity contribution is 5.97. The Morgan fingerprint density at radius 2 is 1.83 bits per heavy atom. The highest BCUT2D eigenvalue weighted by atomic mass is 16.5. The molecule has 0 saturated carbocycles. The van der Waals surface area contributed by atoms with E-state index in [0.717, 1.165) is 11.3 Å². The molecule has 0 atom stereocenters. The average molecular weight is 313 g/mol. The van der Waals surface area contributed by atoms with Crippen molar-refractivity contribution in [3.05, 3.63) is 59.7 Å². The van der Waals surface area contributed by atoms with Crippen molar-refractivity contribution in [3.63, 3.8) is 0 Å². The van der Waals surface area contributed by atoms with E-state index in [9.17, 15) is 9.59 Å². The zero-order valence-electron chi connectivity index (χ0n) is 13.4. The predicted octanol–water partition coefficient (Wildman–Crippen LogP) is 2.82. The molecule has 0 N–H and O–H groups in total. The maximum Gasteiger partial charge on any atom is 0.342 e. The van der Waals surface area contributed by atoms with Crippen LogP contribution in [-0.2, 0) is 9.53 Å². The lowest BCUT2D eigenvalue weighted by molar-refractivity contribution is -0.121. The summed E-state index contributed by atoms with van der Waals surface area (Å²) in [5.74, 6) is -0.482. The highest BCUT2D eigenvalue weighted by Gasteiger charge is 2.17. The highest BCUT2D eigenvalue weighted by Crippen LogP contribution is 2.18. The summed E-state index contributed by atoms with van der Waals surface area (Å²) in [6, 6.07) is 14.3. The SMILES string of the molecule is COc1ccccc1C(=O)OCC(=O)N(C)c1cccc(C)c1. The molecule has 0 aromatic heterocycles. The summed E-state index contributed by atoms with van der Waals surface area (Å²) in [7, 11) is 3.12. The molecule has 0 unspecified atom stereocenters. The number of amides is 1. The number of para-hydroxylation sites is 1. The molecule has 0 saturated heterocycles. The Bertz CT molecular complexity index is 712. The number of hydrogen-bond acceptors (Lipinski definition) is 4. The number of esters is 1. The summed E-state index contributed by atoms with van der Waals surface area (Å²) in [6.45, 7) is 1.62. The second kappa shape index (κ2) is 7.45. The Balaban J connectivity index is 2.00. The Labute approximate surface area is 135 Å². The summed E-state index contributed by atoms with van der Waals surface area (Å²) < 4.78 is 10.2. The van der Waals surface area contributed by atoms with Crippen molar-refractivity contribution < 1.29 is 19.1 Å². The molecule has 120 valence electrons. The largest absolute Gasteiger partial charge is 0.496 e. The number of hydrogen-bond donors (Lipinski definition) is 0. The monoisotopic (exact) mass is 313 g/mol. The van der Waals surface area contributed by atoms with Crippen LogP contribution in [0.5, 0.6) is 5.75 Å². The number of ether oxygens (including phenoxy) is 2. The molecule has 0 spiro atoms. The van der Waals surface area contributed by atoms with Gasteiger partial charge in [0.05, 0.1) is 7.11 Å². The first kappa shape index (κ1) is 16.5. The maximum atomic E-state index is 12.2. The maximum absolute atomic E-state index is 12.2. The quantitative estimate of drug-likeness (QED) is 0.797. The Hall–Kier alpha value is -2.82. The van der Waals surface area contributed by atoms with Gasteiger partial charge in [-0.1, -0.05) is 24.3 Å². The third kappa shape index (κ3) is 4.10. The van der Waals surface area contributed by atoms with Gasteiger partial charge < -0.3 is 14.4 Å². The molecular weight excluding hydrogens is 294 g/mol. The minimum absolute atomic E-state index is 0.293. The van der Waals surface area contributed by atoms with E-state index in [2.05, 4.69) is 0 Å². The number of rotatable bonds is 5. The van der Waals surface area contributed by atoms with Crippen LogP contribution in [0.25, 0.3) is 0 Å². The fourth-order valence-electron chi connectivity index (χ4n) is 2.10. The molecule has 2 rings (SSSR count).